The van der Waals surface area contributed by atoms with Gasteiger partial charge in [-0.1, -0.05) is 6.58 Å². The molecule has 0 aliphatic heterocycles. The standard InChI is InChI=1S/C6H10O2/c1-4-6(7)5(2)8-3/h4,7H,2H2,1,3H3/b6-4+. The minimum Gasteiger partial charge on any atom is -0.504 e. The van der Waals surface area contributed by atoms with Gasteiger partial charge < -0.3 is 9.84 Å². The Morgan fingerprint density at radius 1 is 1.75 bits per heavy atom. The van der Waals surface area contributed by atoms with Gasteiger partial charge in [0, 0.05) is 0 Å². The molecule has 0 aromatic carbocycles. The fourth-order valence-corrected chi connectivity index (χ4v) is 0.266. The van der Waals surface area contributed by atoms with E-state index in [4.69, 9.17) is 5.11 Å². The van der Waals surface area contributed by atoms with E-state index < -0.39 is 0 Å². The molecule has 0 radical (unpaired) electrons. The third-order valence-electron chi connectivity index (χ3n) is 0.806. The maximum absolute atomic E-state index is 8.76. The molecular formula is C6H10O2. The van der Waals surface area contributed by atoms with Gasteiger partial charge in [-0.25, -0.2) is 0 Å². The summed E-state index contributed by atoms with van der Waals surface area (Å²) >= 11 is 0. The zero-order valence-electron chi connectivity index (χ0n) is 5.14. The van der Waals surface area contributed by atoms with E-state index in [9.17, 15) is 0 Å². The number of hydrogen-bond acceptors (Lipinski definition) is 2. The van der Waals surface area contributed by atoms with Crippen LogP contribution in [0.1, 0.15) is 6.92 Å². The van der Waals surface area contributed by atoms with Gasteiger partial charge in [0.2, 0.25) is 0 Å². The van der Waals surface area contributed by atoms with Crippen molar-refractivity contribution in [3.8, 4) is 0 Å². The summed E-state index contributed by atoms with van der Waals surface area (Å²) in [5.74, 6) is 0.389. The van der Waals surface area contributed by atoms with E-state index in [1.165, 1.54) is 13.2 Å². The Morgan fingerprint density at radius 2 is 2.25 bits per heavy atom. The van der Waals surface area contributed by atoms with Crippen LogP contribution in [0, 0.1) is 0 Å². The third-order valence-corrected chi connectivity index (χ3v) is 0.806. The van der Waals surface area contributed by atoms with Crippen LogP contribution in [0.5, 0.6) is 0 Å². The van der Waals surface area contributed by atoms with Gasteiger partial charge in [0.25, 0.3) is 0 Å². The highest BCUT2D eigenvalue weighted by molar-refractivity contribution is 5.13. The molecule has 0 aliphatic carbocycles. The van der Waals surface area contributed by atoms with E-state index >= 15 is 0 Å². The molecule has 8 heavy (non-hydrogen) atoms. The monoisotopic (exact) mass is 114 g/mol. The molecule has 0 saturated heterocycles. The lowest BCUT2D eigenvalue weighted by Gasteiger charge is -1.99. The first kappa shape index (κ1) is 7.08. The average Bonchev–Trinajstić information content (AvgIpc) is 1.84. The zero-order valence-corrected chi connectivity index (χ0v) is 5.14. The number of hydrogen-bond donors (Lipinski definition) is 1. The number of aliphatic hydroxyl groups is 1. The van der Waals surface area contributed by atoms with Crippen LogP contribution in [0.2, 0.25) is 0 Å². The number of ether oxygens (including phenoxy) is 1. The van der Waals surface area contributed by atoms with Crippen LogP contribution in [0.25, 0.3) is 0 Å². The lowest BCUT2D eigenvalue weighted by molar-refractivity contribution is 0.257. The van der Waals surface area contributed by atoms with Gasteiger partial charge >= 0.3 is 0 Å². The maximum Gasteiger partial charge on any atom is 0.152 e. The molecule has 0 spiro atoms. The highest BCUT2D eigenvalue weighted by Gasteiger charge is 1.93. The van der Waals surface area contributed by atoms with Crippen molar-refractivity contribution in [1.29, 1.82) is 0 Å². The van der Waals surface area contributed by atoms with Gasteiger partial charge in [0.05, 0.1) is 7.11 Å². The van der Waals surface area contributed by atoms with E-state index in [1.807, 2.05) is 0 Å². The van der Waals surface area contributed by atoms with E-state index in [1.54, 1.807) is 6.92 Å². The SMILES string of the molecule is C=C(OC)/C(O)=C\C. The number of aliphatic hydroxyl groups excluding tert-OH is 1. The normalized spacial score (nSPS) is 11.0. The van der Waals surface area contributed by atoms with Gasteiger partial charge in [-0.3, -0.25) is 0 Å². The molecule has 0 bridgehead atoms. The highest BCUT2D eigenvalue weighted by atomic mass is 16.5. The lowest BCUT2D eigenvalue weighted by Crippen LogP contribution is -1.87. The second kappa shape index (κ2) is 3.13. The van der Waals surface area contributed by atoms with Crippen molar-refractivity contribution in [1.82, 2.24) is 0 Å². The van der Waals surface area contributed by atoms with Gasteiger partial charge in [-0.2, -0.15) is 0 Å². The summed E-state index contributed by atoms with van der Waals surface area (Å²) in [7, 11) is 1.46. The molecule has 0 amide bonds. The fraction of sp³-hybridized carbons (Fsp3) is 0.333. The lowest BCUT2D eigenvalue weighted by atomic mass is 10.4. The summed E-state index contributed by atoms with van der Waals surface area (Å²) in [6.07, 6.45) is 1.52. The largest absolute Gasteiger partial charge is 0.504 e. The zero-order chi connectivity index (χ0) is 6.57. The number of methoxy groups -OCH3 is 1. The molecular weight excluding hydrogens is 104 g/mol. The van der Waals surface area contributed by atoms with Crippen LogP contribution in [0.15, 0.2) is 24.2 Å². The van der Waals surface area contributed by atoms with Crippen molar-refractivity contribution >= 4 is 0 Å². The summed E-state index contributed by atoms with van der Waals surface area (Å²) in [4.78, 5) is 0. The van der Waals surface area contributed by atoms with Crippen molar-refractivity contribution in [2.75, 3.05) is 7.11 Å². The summed E-state index contributed by atoms with van der Waals surface area (Å²) in [6.45, 7) is 5.11. The van der Waals surface area contributed by atoms with Gasteiger partial charge in [0.15, 0.2) is 11.5 Å². The van der Waals surface area contributed by atoms with Crippen LogP contribution in [0.4, 0.5) is 0 Å². The van der Waals surface area contributed by atoms with Crippen LogP contribution >= 0.6 is 0 Å². The molecule has 0 aromatic rings. The van der Waals surface area contributed by atoms with Crippen molar-refractivity contribution in [3.63, 3.8) is 0 Å². The number of rotatable bonds is 2. The second-order valence-corrected chi connectivity index (χ2v) is 1.30. The van der Waals surface area contributed by atoms with Crippen LogP contribution in [-0.4, -0.2) is 12.2 Å². The van der Waals surface area contributed by atoms with Crippen LogP contribution < -0.4 is 0 Å². The van der Waals surface area contributed by atoms with E-state index in [0.717, 1.165) is 0 Å². The van der Waals surface area contributed by atoms with Crippen LogP contribution in [0.3, 0.4) is 0 Å². The van der Waals surface area contributed by atoms with E-state index in [0.29, 0.717) is 5.76 Å². The molecule has 0 heterocycles. The molecule has 0 atom stereocenters. The Morgan fingerprint density at radius 3 is 2.38 bits per heavy atom. The van der Waals surface area contributed by atoms with Crippen molar-refractivity contribution < 1.29 is 9.84 Å². The molecule has 0 rings (SSSR count). The van der Waals surface area contributed by atoms with Gasteiger partial charge in [0.1, 0.15) is 0 Å². The molecule has 0 fully saturated rings. The molecule has 46 valence electrons. The minimum absolute atomic E-state index is 0.0903. The summed E-state index contributed by atoms with van der Waals surface area (Å²) < 4.78 is 4.59. The van der Waals surface area contributed by atoms with Crippen molar-refractivity contribution in [2.45, 2.75) is 6.92 Å². The summed E-state index contributed by atoms with van der Waals surface area (Å²) in [5, 5.41) is 8.76. The minimum atomic E-state index is 0.0903. The Kier molecular flexibility index (Phi) is 2.77. The van der Waals surface area contributed by atoms with Gasteiger partial charge in [-0.15, -0.1) is 0 Å². The van der Waals surface area contributed by atoms with Crippen molar-refractivity contribution in [3.05, 3.63) is 24.2 Å². The molecule has 0 aliphatic rings. The summed E-state index contributed by atoms with van der Waals surface area (Å²) in [5.41, 5.74) is 0. The second-order valence-electron chi connectivity index (χ2n) is 1.30. The Bertz CT molecular complexity index is 114. The Hall–Kier alpha value is -0.920. The molecule has 0 saturated carbocycles. The molecule has 0 aromatic heterocycles. The Balaban J connectivity index is 3.83. The molecule has 2 heteroatoms. The van der Waals surface area contributed by atoms with E-state index in [2.05, 4.69) is 11.3 Å². The first-order valence-electron chi connectivity index (χ1n) is 2.31. The first-order chi connectivity index (χ1) is 3.72. The summed E-state index contributed by atoms with van der Waals surface area (Å²) in [6, 6.07) is 0. The predicted octanol–water partition coefficient (Wildman–Crippen LogP) is 1.61. The highest BCUT2D eigenvalue weighted by Crippen LogP contribution is 2.01. The molecule has 0 unspecified atom stereocenters. The first-order valence-corrected chi connectivity index (χ1v) is 2.31. The Labute approximate surface area is 49.1 Å². The number of allylic oxidation sites excluding steroid dienone is 1. The topological polar surface area (TPSA) is 29.5 Å². The maximum atomic E-state index is 8.76. The van der Waals surface area contributed by atoms with Crippen LogP contribution in [-0.2, 0) is 4.74 Å². The van der Waals surface area contributed by atoms with Gasteiger partial charge in [-0.05, 0) is 13.0 Å². The molecule has 1 N–H and O–H groups in total. The molecule has 2 nitrogen and oxygen atoms in total. The van der Waals surface area contributed by atoms with Crippen molar-refractivity contribution in [2.24, 2.45) is 0 Å². The van der Waals surface area contributed by atoms with E-state index in [-0.39, 0.29) is 5.76 Å². The third kappa shape index (κ3) is 1.69. The quantitative estimate of drug-likeness (QED) is 0.436. The smallest absolute Gasteiger partial charge is 0.152 e. The average molecular weight is 114 g/mol. The predicted molar refractivity (Wildman–Crippen MR) is 32.5 cm³/mol. The fourth-order valence-electron chi connectivity index (χ4n) is 0.266.